The second-order valence-electron chi connectivity index (χ2n) is 5.29. The van der Waals surface area contributed by atoms with E-state index in [9.17, 15) is 14.4 Å². The van der Waals surface area contributed by atoms with Crippen molar-refractivity contribution < 1.29 is 24.2 Å². The Bertz CT molecular complexity index is 628. The van der Waals surface area contributed by atoms with Gasteiger partial charge in [-0.1, -0.05) is 23.2 Å². The fraction of sp³-hybridized carbons (Fsp3) is 0.400. The molecule has 118 valence electrons. The van der Waals surface area contributed by atoms with Gasteiger partial charge >= 0.3 is 11.9 Å². The smallest absolute Gasteiger partial charge is 0.309 e. The van der Waals surface area contributed by atoms with E-state index in [-0.39, 0.29) is 17.2 Å². The van der Waals surface area contributed by atoms with E-state index >= 15 is 0 Å². The van der Waals surface area contributed by atoms with Crippen molar-refractivity contribution in [3.05, 3.63) is 33.8 Å². The topological polar surface area (TPSA) is 80.7 Å². The van der Waals surface area contributed by atoms with Gasteiger partial charge in [-0.3, -0.25) is 14.4 Å². The summed E-state index contributed by atoms with van der Waals surface area (Å²) in [6, 6.07) is 4.56. The number of carbonyl (C=O) groups excluding carboxylic acids is 2. The molecular formula is C15H14Cl2O5. The lowest BCUT2D eigenvalue weighted by molar-refractivity contribution is -0.153. The molecule has 2 rings (SSSR count). The van der Waals surface area contributed by atoms with Gasteiger partial charge in [0.05, 0.1) is 22.4 Å². The molecule has 1 aromatic rings. The molecule has 5 nitrogen and oxygen atoms in total. The summed E-state index contributed by atoms with van der Waals surface area (Å²) in [5.74, 6) is -2.72. The molecule has 1 N–H and O–H groups in total. The molecule has 0 aromatic heterocycles. The number of rotatable bonds is 6. The molecule has 0 radical (unpaired) electrons. The predicted molar refractivity (Wildman–Crippen MR) is 80.2 cm³/mol. The molecule has 0 saturated heterocycles. The number of ether oxygens (including phenoxy) is 1. The lowest BCUT2D eigenvalue weighted by Crippen LogP contribution is -2.20. The molecule has 0 heterocycles. The third-order valence-electron chi connectivity index (χ3n) is 3.41. The number of benzene rings is 1. The molecular weight excluding hydrogens is 331 g/mol. The minimum absolute atomic E-state index is 0.189. The van der Waals surface area contributed by atoms with Crippen LogP contribution in [0.15, 0.2) is 18.2 Å². The largest absolute Gasteiger partial charge is 0.481 e. The number of halogens is 2. The lowest BCUT2D eigenvalue weighted by atomic mass is 10.1. The first-order valence-electron chi connectivity index (χ1n) is 6.71. The number of hydrogen-bond donors (Lipinski definition) is 1. The monoisotopic (exact) mass is 344 g/mol. The van der Waals surface area contributed by atoms with Gasteiger partial charge in [0.1, 0.15) is 6.10 Å². The molecule has 22 heavy (non-hydrogen) atoms. The Labute approximate surface area is 137 Å². The summed E-state index contributed by atoms with van der Waals surface area (Å²) in [6.07, 6.45) is -0.576. The van der Waals surface area contributed by atoms with Gasteiger partial charge in [0, 0.05) is 11.5 Å². The van der Waals surface area contributed by atoms with Crippen LogP contribution in [-0.2, 0) is 14.3 Å². The van der Waals surface area contributed by atoms with Crippen LogP contribution in [0.25, 0.3) is 0 Å². The molecule has 0 spiro atoms. The zero-order valence-electron chi connectivity index (χ0n) is 11.7. The first-order valence-corrected chi connectivity index (χ1v) is 7.46. The quantitative estimate of drug-likeness (QED) is 0.632. The highest BCUT2D eigenvalue weighted by Crippen LogP contribution is 2.42. The Hall–Kier alpha value is -1.59. The number of carbonyl (C=O) groups is 3. The van der Waals surface area contributed by atoms with Crippen molar-refractivity contribution in [2.24, 2.45) is 11.8 Å². The van der Waals surface area contributed by atoms with E-state index in [0.29, 0.717) is 17.0 Å². The molecule has 3 atom stereocenters. The predicted octanol–water partition coefficient (Wildman–Crippen LogP) is 3.22. The summed E-state index contributed by atoms with van der Waals surface area (Å²) >= 11 is 11.7. The zero-order valence-corrected chi connectivity index (χ0v) is 13.2. The highest BCUT2D eigenvalue weighted by molar-refractivity contribution is 6.42. The van der Waals surface area contributed by atoms with E-state index in [1.165, 1.54) is 19.1 Å². The second kappa shape index (κ2) is 6.67. The minimum atomic E-state index is -1.04. The van der Waals surface area contributed by atoms with E-state index in [4.69, 9.17) is 33.0 Å². The maximum Gasteiger partial charge on any atom is 0.309 e. The molecule has 1 saturated carbocycles. The third kappa shape index (κ3) is 3.99. The van der Waals surface area contributed by atoms with Gasteiger partial charge in [-0.15, -0.1) is 0 Å². The summed E-state index contributed by atoms with van der Waals surface area (Å²) < 4.78 is 5.03. The number of Topliss-reactive ketones (excluding diaryl/α,β-unsaturated/α-hetero) is 1. The summed E-state index contributed by atoms with van der Waals surface area (Å²) in [5, 5.41) is 9.25. The van der Waals surface area contributed by atoms with Gasteiger partial charge < -0.3 is 9.84 Å². The molecule has 0 aliphatic heterocycles. The van der Waals surface area contributed by atoms with Gasteiger partial charge in [0.25, 0.3) is 0 Å². The highest BCUT2D eigenvalue weighted by Gasteiger charge is 2.49. The summed E-state index contributed by atoms with van der Waals surface area (Å²) in [5.41, 5.74) is 0.397. The second-order valence-corrected chi connectivity index (χ2v) is 6.10. The van der Waals surface area contributed by atoms with Crippen molar-refractivity contribution in [2.45, 2.75) is 25.9 Å². The third-order valence-corrected chi connectivity index (χ3v) is 4.15. The standard InChI is InChI=1S/C15H14Cl2O5/c1-7(4-13(18)19)22-15(21)10-6-9(10)14(20)8-2-3-11(16)12(17)5-8/h2-3,5,7,9-10H,4,6H2,1H3,(H,18,19)/t7?,9-,10-/m0/s1. The summed E-state index contributed by atoms with van der Waals surface area (Å²) in [4.78, 5) is 34.6. The minimum Gasteiger partial charge on any atom is -0.481 e. The van der Waals surface area contributed by atoms with Gasteiger partial charge in [-0.25, -0.2) is 0 Å². The molecule has 1 aliphatic rings. The maximum absolute atomic E-state index is 12.2. The Morgan fingerprint density at radius 1 is 1.27 bits per heavy atom. The van der Waals surface area contributed by atoms with Crippen LogP contribution in [0.1, 0.15) is 30.1 Å². The number of carboxylic acid groups (broad SMARTS) is 1. The van der Waals surface area contributed by atoms with Crippen molar-refractivity contribution in [3.63, 3.8) is 0 Å². The van der Waals surface area contributed by atoms with Crippen molar-refractivity contribution in [2.75, 3.05) is 0 Å². The van der Waals surface area contributed by atoms with Crippen molar-refractivity contribution in [1.29, 1.82) is 0 Å². The highest BCUT2D eigenvalue weighted by atomic mass is 35.5. The molecule has 0 bridgehead atoms. The van der Waals surface area contributed by atoms with Gasteiger partial charge in [0.2, 0.25) is 0 Å². The van der Waals surface area contributed by atoms with Crippen LogP contribution >= 0.6 is 23.2 Å². The first-order chi connectivity index (χ1) is 10.3. The fourth-order valence-electron chi connectivity index (χ4n) is 2.18. The van der Waals surface area contributed by atoms with Crippen LogP contribution in [0.2, 0.25) is 10.0 Å². The number of aliphatic carboxylic acids is 1. The average Bonchev–Trinajstić information content (AvgIpc) is 3.20. The number of esters is 1. The first kappa shape index (κ1) is 16.8. The molecule has 1 fully saturated rings. The Morgan fingerprint density at radius 3 is 2.55 bits per heavy atom. The van der Waals surface area contributed by atoms with E-state index in [0.717, 1.165) is 0 Å². The van der Waals surface area contributed by atoms with Gasteiger partial charge in [-0.05, 0) is 31.5 Å². The van der Waals surface area contributed by atoms with Crippen LogP contribution in [0, 0.1) is 11.8 Å². The van der Waals surface area contributed by atoms with Crippen molar-refractivity contribution >= 4 is 40.9 Å². The number of hydrogen-bond acceptors (Lipinski definition) is 4. The van der Waals surface area contributed by atoms with E-state index < -0.39 is 29.9 Å². The molecule has 7 heteroatoms. The fourth-order valence-corrected chi connectivity index (χ4v) is 2.48. The Morgan fingerprint density at radius 2 is 1.95 bits per heavy atom. The van der Waals surface area contributed by atoms with Crippen LogP contribution in [0.3, 0.4) is 0 Å². The molecule has 1 unspecified atom stereocenters. The van der Waals surface area contributed by atoms with Crippen LogP contribution in [0.5, 0.6) is 0 Å². The van der Waals surface area contributed by atoms with Gasteiger partial charge in [0.15, 0.2) is 5.78 Å². The Balaban J connectivity index is 1.93. The lowest BCUT2D eigenvalue weighted by Gasteiger charge is -2.10. The summed E-state index contributed by atoms with van der Waals surface area (Å²) in [7, 11) is 0. The zero-order chi connectivity index (χ0) is 16.4. The maximum atomic E-state index is 12.2. The molecule has 1 aromatic carbocycles. The Kier molecular flexibility index (Phi) is 5.08. The van der Waals surface area contributed by atoms with Crippen LogP contribution < -0.4 is 0 Å². The van der Waals surface area contributed by atoms with Crippen LogP contribution in [0.4, 0.5) is 0 Å². The van der Waals surface area contributed by atoms with Gasteiger partial charge in [-0.2, -0.15) is 0 Å². The van der Waals surface area contributed by atoms with E-state index in [2.05, 4.69) is 0 Å². The van der Waals surface area contributed by atoms with E-state index in [1.807, 2.05) is 0 Å². The van der Waals surface area contributed by atoms with Crippen molar-refractivity contribution in [3.8, 4) is 0 Å². The molecule has 0 amide bonds. The SMILES string of the molecule is CC(CC(=O)O)OC(=O)[C@H]1C[C@@H]1C(=O)c1ccc(Cl)c(Cl)c1. The molecule has 1 aliphatic carbocycles. The van der Waals surface area contributed by atoms with Crippen LogP contribution in [-0.4, -0.2) is 28.9 Å². The number of carboxylic acids is 1. The van der Waals surface area contributed by atoms with E-state index in [1.54, 1.807) is 6.07 Å². The van der Waals surface area contributed by atoms with Crippen molar-refractivity contribution in [1.82, 2.24) is 0 Å². The summed E-state index contributed by atoms with van der Waals surface area (Å²) in [6.45, 7) is 1.50. The average molecular weight is 345 g/mol. The normalized spacial score (nSPS) is 21.0. The number of ketones is 1.